The summed E-state index contributed by atoms with van der Waals surface area (Å²) in [4.78, 5) is 14.0. The number of sulfone groups is 1. The Kier molecular flexibility index (Phi) is 6.76. The Bertz CT molecular complexity index is 1390. The van der Waals surface area contributed by atoms with Crippen molar-refractivity contribution in [3.63, 3.8) is 0 Å². The van der Waals surface area contributed by atoms with Gasteiger partial charge in [0.15, 0.2) is 9.84 Å². The van der Waals surface area contributed by atoms with Crippen molar-refractivity contribution in [2.75, 3.05) is 13.1 Å². The molecule has 0 bridgehead atoms. The van der Waals surface area contributed by atoms with Crippen LogP contribution in [0.5, 0.6) is 5.75 Å². The van der Waals surface area contributed by atoms with Gasteiger partial charge >= 0.3 is 0 Å². The number of hydrogen-bond donors (Lipinski definition) is 1. The van der Waals surface area contributed by atoms with Gasteiger partial charge in [-0.3, -0.25) is 9.69 Å². The molecule has 1 fully saturated rings. The van der Waals surface area contributed by atoms with Crippen molar-refractivity contribution in [2.24, 2.45) is 5.73 Å². The lowest BCUT2D eigenvalue weighted by atomic mass is 9.78. The number of nitrogens with two attached hydrogens (primary N) is 1. The van der Waals surface area contributed by atoms with E-state index in [2.05, 4.69) is 0 Å². The number of carbonyl (C=O) groups excluding carboxylic acids is 1. The highest BCUT2D eigenvalue weighted by molar-refractivity contribution is 7.92. The molecule has 6 nitrogen and oxygen atoms in total. The van der Waals surface area contributed by atoms with E-state index in [0.29, 0.717) is 47.2 Å². The average molecular weight is 545 g/mol. The standard InChI is InChI=1S/C27H26Cl2N2O4S/c28-23-7-4-8-24(29)21(23)17-35-19-10-11-22-18(15-19)9-12-25-27(22,13-14-31(25)16-26(30)32)36(33,34)20-5-2-1-3-6-20/h1-8,10-11,15,25H,9,12-14,16-17H2,(H2,30,32)/t25-,27-/m1/s1. The Morgan fingerprint density at radius 3 is 2.47 bits per heavy atom. The maximum atomic E-state index is 14.3. The SMILES string of the molecule is NC(=O)CN1CC[C@@]2(S(=O)(=O)c3ccccc3)c3ccc(OCc4c(Cl)cccc4Cl)cc3CC[C@@H]12. The molecule has 1 saturated heterocycles. The lowest BCUT2D eigenvalue weighted by Gasteiger charge is -2.42. The van der Waals surface area contributed by atoms with E-state index in [4.69, 9.17) is 33.7 Å². The summed E-state index contributed by atoms with van der Waals surface area (Å²) in [5, 5.41) is 1.05. The fraction of sp³-hybridized carbons (Fsp3) is 0.296. The summed E-state index contributed by atoms with van der Waals surface area (Å²) in [6, 6.07) is 19.0. The number of primary amides is 1. The quantitative estimate of drug-likeness (QED) is 0.463. The second kappa shape index (κ2) is 9.71. The Balaban J connectivity index is 1.55. The molecule has 0 aromatic heterocycles. The molecule has 3 aromatic rings. The number of aryl methyl sites for hydroxylation is 1. The first-order valence-electron chi connectivity index (χ1n) is 11.7. The number of likely N-dealkylation sites (tertiary alicyclic amines) is 1. The minimum Gasteiger partial charge on any atom is -0.489 e. The third-order valence-corrected chi connectivity index (χ3v) is 10.6. The Morgan fingerprint density at radius 2 is 1.78 bits per heavy atom. The van der Waals surface area contributed by atoms with Crippen molar-refractivity contribution >= 4 is 38.9 Å². The van der Waals surface area contributed by atoms with Gasteiger partial charge in [0, 0.05) is 28.2 Å². The van der Waals surface area contributed by atoms with Crippen LogP contribution in [-0.4, -0.2) is 38.4 Å². The summed E-state index contributed by atoms with van der Waals surface area (Å²) in [5.74, 6) is 0.151. The molecule has 9 heteroatoms. The molecule has 2 aliphatic rings. The molecular weight excluding hydrogens is 519 g/mol. The largest absolute Gasteiger partial charge is 0.489 e. The average Bonchev–Trinajstić information content (AvgIpc) is 3.23. The van der Waals surface area contributed by atoms with Crippen LogP contribution in [-0.2, 0) is 32.4 Å². The molecule has 1 heterocycles. The van der Waals surface area contributed by atoms with Gasteiger partial charge in [-0.1, -0.05) is 53.5 Å². The Labute approximate surface area is 220 Å². The monoisotopic (exact) mass is 544 g/mol. The molecule has 0 spiro atoms. The minimum atomic E-state index is -3.79. The molecule has 2 N–H and O–H groups in total. The van der Waals surface area contributed by atoms with Gasteiger partial charge in [-0.15, -0.1) is 0 Å². The molecular formula is C27H26Cl2N2O4S. The first-order valence-corrected chi connectivity index (χ1v) is 14.0. The summed E-state index contributed by atoms with van der Waals surface area (Å²) in [5.41, 5.74) is 7.89. The van der Waals surface area contributed by atoms with Crippen molar-refractivity contribution in [3.8, 4) is 5.75 Å². The second-order valence-corrected chi connectivity index (χ2v) is 12.3. The molecule has 0 saturated carbocycles. The zero-order valence-corrected chi connectivity index (χ0v) is 21.8. The number of ether oxygens (including phenoxy) is 1. The second-order valence-electron chi connectivity index (χ2n) is 9.26. The molecule has 188 valence electrons. The molecule has 1 aliphatic heterocycles. The topological polar surface area (TPSA) is 89.7 Å². The summed E-state index contributed by atoms with van der Waals surface area (Å²) in [6.45, 7) is 0.702. The van der Waals surface area contributed by atoms with E-state index in [9.17, 15) is 13.2 Å². The van der Waals surface area contributed by atoms with E-state index in [1.165, 1.54) is 0 Å². The number of fused-ring (bicyclic) bond motifs is 3. The molecule has 3 aromatic carbocycles. The molecule has 1 aliphatic carbocycles. The van der Waals surface area contributed by atoms with Crippen LogP contribution >= 0.6 is 23.2 Å². The summed E-state index contributed by atoms with van der Waals surface area (Å²) >= 11 is 12.6. The number of amides is 1. The fourth-order valence-electron chi connectivity index (χ4n) is 5.71. The van der Waals surface area contributed by atoms with Crippen LogP contribution in [0.2, 0.25) is 10.0 Å². The smallest absolute Gasteiger partial charge is 0.231 e. The van der Waals surface area contributed by atoms with Crippen molar-refractivity contribution in [1.29, 1.82) is 0 Å². The van der Waals surface area contributed by atoms with Gasteiger partial charge in [0.05, 0.1) is 11.4 Å². The van der Waals surface area contributed by atoms with Gasteiger partial charge in [0.25, 0.3) is 0 Å². The fourth-order valence-corrected chi connectivity index (χ4v) is 8.63. The molecule has 0 unspecified atom stereocenters. The third-order valence-electron chi connectivity index (χ3n) is 7.31. The van der Waals surface area contributed by atoms with Crippen LogP contribution in [0.25, 0.3) is 0 Å². The van der Waals surface area contributed by atoms with Gasteiger partial charge in [0.2, 0.25) is 5.91 Å². The van der Waals surface area contributed by atoms with Crippen molar-refractivity contribution in [1.82, 2.24) is 4.90 Å². The van der Waals surface area contributed by atoms with Crippen LogP contribution in [0.15, 0.2) is 71.6 Å². The van der Waals surface area contributed by atoms with Crippen LogP contribution in [0.4, 0.5) is 0 Å². The first kappa shape index (κ1) is 25.1. The van der Waals surface area contributed by atoms with Crippen LogP contribution in [0.1, 0.15) is 29.5 Å². The number of halogens is 2. The van der Waals surface area contributed by atoms with E-state index in [-0.39, 0.29) is 24.1 Å². The Morgan fingerprint density at radius 1 is 1.06 bits per heavy atom. The Hall–Kier alpha value is -2.58. The number of nitrogens with zero attached hydrogens (tertiary/aromatic N) is 1. The minimum absolute atomic E-state index is 0.0336. The van der Waals surface area contributed by atoms with Crippen LogP contribution in [0, 0.1) is 0 Å². The number of rotatable bonds is 7. The summed E-state index contributed by atoms with van der Waals surface area (Å²) in [7, 11) is -3.79. The van der Waals surface area contributed by atoms with E-state index >= 15 is 0 Å². The maximum Gasteiger partial charge on any atom is 0.231 e. The number of carbonyl (C=O) groups is 1. The van der Waals surface area contributed by atoms with E-state index < -0.39 is 20.5 Å². The predicted molar refractivity (Wildman–Crippen MR) is 140 cm³/mol. The molecule has 1 amide bonds. The van der Waals surface area contributed by atoms with E-state index in [1.54, 1.807) is 54.6 Å². The number of benzene rings is 3. The zero-order valence-electron chi connectivity index (χ0n) is 19.5. The lowest BCUT2D eigenvalue weighted by Crippen LogP contribution is -2.52. The highest BCUT2D eigenvalue weighted by atomic mass is 35.5. The van der Waals surface area contributed by atoms with Gasteiger partial charge in [-0.25, -0.2) is 8.42 Å². The van der Waals surface area contributed by atoms with Gasteiger partial charge < -0.3 is 10.5 Å². The zero-order chi connectivity index (χ0) is 25.5. The normalized spacial score (nSPS) is 21.6. The van der Waals surface area contributed by atoms with Crippen molar-refractivity contribution < 1.29 is 17.9 Å². The molecule has 2 atom stereocenters. The third kappa shape index (κ3) is 4.18. The van der Waals surface area contributed by atoms with E-state index in [0.717, 1.165) is 11.1 Å². The van der Waals surface area contributed by atoms with Crippen LogP contribution < -0.4 is 10.5 Å². The van der Waals surface area contributed by atoms with Crippen molar-refractivity contribution in [3.05, 3.63) is 93.5 Å². The predicted octanol–water partition coefficient (Wildman–Crippen LogP) is 4.75. The van der Waals surface area contributed by atoms with Gasteiger partial charge in [-0.2, -0.15) is 0 Å². The lowest BCUT2D eigenvalue weighted by molar-refractivity contribution is -0.119. The van der Waals surface area contributed by atoms with Crippen LogP contribution in [0.3, 0.4) is 0 Å². The summed E-state index contributed by atoms with van der Waals surface area (Å²) < 4.78 is 33.3. The van der Waals surface area contributed by atoms with E-state index in [1.807, 2.05) is 17.0 Å². The van der Waals surface area contributed by atoms with Crippen molar-refractivity contribution in [2.45, 2.75) is 41.6 Å². The number of hydrogen-bond acceptors (Lipinski definition) is 5. The van der Waals surface area contributed by atoms with Gasteiger partial charge in [-0.05, 0) is 66.8 Å². The summed E-state index contributed by atoms with van der Waals surface area (Å²) in [6.07, 6.45) is 1.63. The first-order chi connectivity index (χ1) is 17.2. The molecule has 36 heavy (non-hydrogen) atoms. The highest BCUT2D eigenvalue weighted by Gasteiger charge is 2.59. The molecule has 5 rings (SSSR count). The van der Waals surface area contributed by atoms with Gasteiger partial charge in [0.1, 0.15) is 17.1 Å². The highest BCUT2D eigenvalue weighted by Crippen LogP contribution is 2.53. The molecule has 0 radical (unpaired) electrons. The maximum absolute atomic E-state index is 14.3.